The molecule has 0 spiro atoms. The predicted octanol–water partition coefficient (Wildman–Crippen LogP) is 1.22. The zero-order valence-electron chi connectivity index (χ0n) is 10.5. The Morgan fingerprint density at radius 2 is 1.62 bits per heavy atom. The number of ether oxygens (including phenoxy) is 1. The highest BCUT2D eigenvalue weighted by molar-refractivity contribution is 5.95. The smallest absolute Gasteiger partial charge is 0.260 e. The van der Waals surface area contributed by atoms with E-state index in [9.17, 15) is 26.7 Å². The van der Waals surface area contributed by atoms with Crippen LogP contribution in [0.25, 0.3) is 0 Å². The van der Waals surface area contributed by atoms with Crippen molar-refractivity contribution in [2.24, 2.45) is 0 Å². The largest absolute Gasteiger partial charge is 0.394 e. The standard InChI is InChI=1S/C12H10F5NO3/c13-7-6(8(14)10(16)11(17)9(7)15)12(20)18-1-2-21-5(3-18)4-19/h5,19H,1-4H2. The summed E-state index contributed by atoms with van der Waals surface area (Å²) in [5.41, 5.74) is -1.51. The number of nitrogens with zero attached hydrogens (tertiary/aromatic N) is 1. The third kappa shape index (κ3) is 2.70. The van der Waals surface area contributed by atoms with Gasteiger partial charge in [-0.05, 0) is 0 Å². The highest BCUT2D eigenvalue weighted by Gasteiger charge is 2.34. The van der Waals surface area contributed by atoms with E-state index in [0.29, 0.717) is 0 Å². The highest BCUT2D eigenvalue weighted by Crippen LogP contribution is 2.24. The molecule has 1 aromatic carbocycles. The number of carbonyl (C=O) groups excluding carboxylic acids is 1. The summed E-state index contributed by atoms with van der Waals surface area (Å²) in [6, 6.07) is 0. The second kappa shape index (κ2) is 5.94. The monoisotopic (exact) mass is 311 g/mol. The number of carbonyl (C=O) groups is 1. The van der Waals surface area contributed by atoms with Crippen molar-refractivity contribution in [2.75, 3.05) is 26.3 Å². The van der Waals surface area contributed by atoms with Gasteiger partial charge in [0.15, 0.2) is 23.3 Å². The molecule has 1 N–H and O–H groups in total. The number of morpholine rings is 1. The lowest BCUT2D eigenvalue weighted by atomic mass is 10.1. The first-order valence-electron chi connectivity index (χ1n) is 5.91. The first-order valence-corrected chi connectivity index (χ1v) is 5.91. The average Bonchev–Trinajstić information content (AvgIpc) is 2.51. The van der Waals surface area contributed by atoms with E-state index in [2.05, 4.69) is 0 Å². The molecule has 0 radical (unpaired) electrons. The van der Waals surface area contributed by atoms with Crippen molar-refractivity contribution >= 4 is 5.91 Å². The number of hydrogen-bond donors (Lipinski definition) is 1. The van der Waals surface area contributed by atoms with Gasteiger partial charge in [-0.15, -0.1) is 0 Å². The van der Waals surface area contributed by atoms with Crippen molar-refractivity contribution in [3.8, 4) is 0 Å². The van der Waals surface area contributed by atoms with Crippen LogP contribution in [0.5, 0.6) is 0 Å². The maximum Gasteiger partial charge on any atom is 0.260 e. The molecule has 1 aliphatic rings. The van der Waals surface area contributed by atoms with Gasteiger partial charge in [0.05, 0.1) is 19.3 Å². The van der Waals surface area contributed by atoms with E-state index >= 15 is 0 Å². The van der Waals surface area contributed by atoms with Gasteiger partial charge in [0.2, 0.25) is 5.82 Å². The van der Waals surface area contributed by atoms with Crippen LogP contribution in [0.3, 0.4) is 0 Å². The van der Waals surface area contributed by atoms with E-state index in [-0.39, 0.29) is 19.7 Å². The van der Waals surface area contributed by atoms with Crippen LogP contribution in [0.1, 0.15) is 10.4 Å². The van der Waals surface area contributed by atoms with Crippen molar-refractivity contribution in [1.29, 1.82) is 0 Å². The zero-order chi connectivity index (χ0) is 15.7. The minimum Gasteiger partial charge on any atom is -0.394 e. The van der Waals surface area contributed by atoms with Gasteiger partial charge >= 0.3 is 0 Å². The molecule has 1 atom stereocenters. The summed E-state index contributed by atoms with van der Waals surface area (Å²) in [4.78, 5) is 12.8. The van der Waals surface area contributed by atoms with Crippen molar-refractivity contribution in [1.82, 2.24) is 4.90 Å². The van der Waals surface area contributed by atoms with Crippen LogP contribution in [-0.2, 0) is 4.74 Å². The molecule has 1 heterocycles. The molecule has 1 saturated heterocycles. The first-order chi connectivity index (χ1) is 9.88. The van der Waals surface area contributed by atoms with Gasteiger partial charge in [-0.2, -0.15) is 0 Å². The highest BCUT2D eigenvalue weighted by atomic mass is 19.2. The lowest BCUT2D eigenvalue weighted by Gasteiger charge is -2.32. The molecular weight excluding hydrogens is 301 g/mol. The van der Waals surface area contributed by atoms with E-state index in [0.717, 1.165) is 4.90 Å². The predicted molar refractivity (Wildman–Crippen MR) is 59.0 cm³/mol. The average molecular weight is 311 g/mol. The summed E-state index contributed by atoms with van der Waals surface area (Å²) in [6.45, 7) is -0.767. The van der Waals surface area contributed by atoms with Gasteiger partial charge in [-0.3, -0.25) is 4.79 Å². The second-order valence-corrected chi connectivity index (χ2v) is 4.37. The van der Waals surface area contributed by atoms with Crippen LogP contribution in [-0.4, -0.2) is 48.3 Å². The van der Waals surface area contributed by atoms with Gasteiger partial charge in [0, 0.05) is 13.1 Å². The molecule has 0 aromatic heterocycles. The number of benzene rings is 1. The maximum absolute atomic E-state index is 13.5. The molecule has 1 aliphatic heterocycles. The molecule has 4 nitrogen and oxygen atoms in total. The van der Waals surface area contributed by atoms with Gasteiger partial charge < -0.3 is 14.7 Å². The molecule has 9 heteroatoms. The quantitative estimate of drug-likeness (QED) is 0.507. The topological polar surface area (TPSA) is 49.8 Å². The third-order valence-electron chi connectivity index (χ3n) is 3.05. The van der Waals surface area contributed by atoms with Gasteiger partial charge in [-0.25, -0.2) is 22.0 Å². The molecule has 0 aliphatic carbocycles. The molecule has 1 aromatic rings. The zero-order valence-corrected chi connectivity index (χ0v) is 10.5. The lowest BCUT2D eigenvalue weighted by Crippen LogP contribution is -2.47. The van der Waals surface area contributed by atoms with E-state index in [1.54, 1.807) is 0 Å². The van der Waals surface area contributed by atoms with E-state index < -0.39 is 53.3 Å². The Morgan fingerprint density at radius 1 is 1.10 bits per heavy atom. The van der Waals surface area contributed by atoms with Crippen molar-refractivity contribution in [3.05, 3.63) is 34.6 Å². The molecule has 1 amide bonds. The van der Waals surface area contributed by atoms with Crippen molar-refractivity contribution < 1.29 is 36.6 Å². The minimum absolute atomic E-state index is 0.0215. The number of halogens is 5. The fourth-order valence-electron chi connectivity index (χ4n) is 1.97. The number of aliphatic hydroxyl groups excluding tert-OH is 1. The third-order valence-corrected chi connectivity index (χ3v) is 3.05. The van der Waals surface area contributed by atoms with E-state index in [4.69, 9.17) is 9.84 Å². The van der Waals surface area contributed by atoms with Crippen molar-refractivity contribution in [2.45, 2.75) is 6.10 Å². The maximum atomic E-state index is 13.5. The van der Waals surface area contributed by atoms with Crippen LogP contribution in [0.2, 0.25) is 0 Å². The molecule has 1 unspecified atom stereocenters. The fraction of sp³-hybridized carbons (Fsp3) is 0.417. The Labute approximate surface area is 115 Å². The van der Waals surface area contributed by atoms with Crippen LogP contribution >= 0.6 is 0 Å². The molecule has 0 bridgehead atoms. The number of rotatable bonds is 2. The molecule has 2 rings (SSSR count). The van der Waals surface area contributed by atoms with Gasteiger partial charge in [0.25, 0.3) is 5.91 Å². The van der Waals surface area contributed by atoms with Crippen molar-refractivity contribution in [3.63, 3.8) is 0 Å². The fourth-order valence-corrected chi connectivity index (χ4v) is 1.97. The van der Waals surface area contributed by atoms with E-state index in [1.807, 2.05) is 0 Å². The Bertz CT molecular complexity index is 551. The summed E-state index contributed by atoms with van der Waals surface area (Å²) in [7, 11) is 0. The van der Waals surface area contributed by atoms with Gasteiger partial charge in [0.1, 0.15) is 5.56 Å². The minimum atomic E-state index is -2.32. The van der Waals surface area contributed by atoms with Crippen LogP contribution in [0, 0.1) is 29.1 Å². The van der Waals surface area contributed by atoms with Crippen LogP contribution in [0.15, 0.2) is 0 Å². The SMILES string of the molecule is O=C(c1c(F)c(F)c(F)c(F)c1F)N1CCOC(CO)C1. The Balaban J connectivity index is 2.40. The van der Waals surface area contributed by atoms with Gasteiger partial charge in [-0.1, -0.05) is 0 Å². The Kier molecular flexibility index (Phi) is 4.43. The molecule has 1 fully saturated rings. The molecule has 116 valence electrons. The first kappa shape index (κ1) is 15.6. The summed E-state index contributed by atoms with van der Waals surface area (Å²) in [5.74, 6) is -12.4. The molecule has 0 saturated carbocycles. The number of amides is 1. The molecular formula is C12H10F5NO3. The lowest BCUT2D eigenvalue weighted by molar-refractivity contribution is -0.0449. The van der Waals surface area contributed by atoms with E-state index in [1.165, 1.54) is 0 Å². The van der Waals surface area contributed by atoms with Crippen LogP contribution in [0.4, 0.5) is 22.0 Å². The second-order valence-electron chi connectivity index (χ2n) is 4.37. The number of hydrogen-bond acceptors (Lipinski definition) is 3. The molecule has 21 heavy (non-hydrogen) atoms. The summed E-state index contributed by atoms with van der Waals surface area (Å²) in [6.07, 6.45) is -0.774. The normalized spacial score (nSPS) is 19.0. The Hall–Kier alpha value is -1.74. The Morgan fingerprint density at radius 3 is 2.14 bits per heavy atom. The summed E-state index contributed by atoms with van der Waals surface area (Å²) >= 11 is 0. The summed E-state index contributed by atoms with van der Waals surface area (Å²) in [5, 5.41) is 8.91. The van der Waals surface area contributed by atoms with Crippen LogP contribution < -0.4 is 0 Å². The number of aliphatic hydroxyl groups is 1. The summed E-state index contributed by atoms with van der Waals surface area (Å²) < 4.78 is 71.2.